The summed E-state index contributed by atoms with van der Waals surface area (Å²) < 4.78 is 5.00. The maximum atomic E-state index is 11.7. The van der Waals surface area contributed by atoms with Crippen LogP contribution in [0.15, 0.2) is 0 Å². The lowest BCUT2D eigenvalue weighted by molar-refractivity contribution is 0.0519. The lowest BCUT2D eigenvalue weighted by atomic mass is 10.2. The van der Waals surface area contributed by atoms with Crippen LogP contribution in [0.5, 0.6) is 0 Å². The number of nitrogens with zero attached hydrogens (tertiary/aromatic N) is 2. The van der Waals surface area contributed by atoms with Crippen LogP contribution in [0.25, 0.3) is 0 Å². The van der Waals surface area contributed by atoms with Gasteiger partial charge in [0, 0.05) is 24.0 Å². The summed E-state index contributed by atoms with van der Waals surface area (Å²) in [6.07, 6.45) is 5.35. The van der Waals surface area contributed by atoms with Crippen LogP contribution >= 0.6 is 11.3 Å². The van der Waals surface area contributed by atoms with Gasteiger partial charge in [-0.25, -0.2) is 9.78 Å². The number of hydrogen-bond acceptors (Lipinski definition) is 6. The number of hydrogen-bond donors (Lipinski definition) is 1. The van der Waals surface area contributed by atoms with E-state index in [2.05, 4.69) is 22.2 Å². The van der Waals surface area contributed by atoms with Crippen molar-refractivity contribution in [2.45, 2.75) is 45.6 Å². The molecule has 1 N–H and O–H groups in total. The van der Waals surface area contributed by atoms with Crippen LogP contribution in [0.4, 0.5) is 5.13 Å². The summed E-state index contributed by atoms with van der Waals surface area (Å²) in [6.45, 7) is 5.93. The van der Waals surface area contributed by atoms with E-state index in [0.717, 1.165) is 29.1 Å². The SMILES string of the molecule is CCOC(=O)c1nc(NCCN(C)C2CCCC2)sc1C. The number of rotatable bonds is 7. The Morgan fingerprint density at radius 2 is 2.19 bits per heavy atom. The second-order valence-corrected chi connectivity index (χ2v) is 6.69. The van der Waals surface area contributed by atoms with Crippen molar-refractivity contribution in [3.8, 4) is 0 Å². The van der Waals surface area contributed by atoms with E-state index in [1.807, 2.05) is 6.92 Å². The summed E-state index contributed by atoms with van der Waals surface area (Å²) in [5.41, 5.74) is 0.438. The molecule has 1 fully saturated rings. The topological polar surface area (TPSA) is 54.5 Å². The van der Waals surface area contributed by atoms with Crippen molar-refractivity contribution in [3.05, 3.63) is 10.6 Å². The first-order valence-corrected chi connectivity index (χ1v) is 8.52. The minimum atomic E-state index is -0.331. The average molecular weight is 311 g/mol. The quantitative estimate of drug-likeness (QED) is 0.785. The van der Waals surface area contributed by atoms with Gasteiger partial charge in [-0.05, 0) is 33.7 Å². The molecule has 1 aliphatic rings. The Balaban J connectivity index is 1.80. The molecule has 118 valence electrons. The minimum absolute atomic E-state index is 0.331. The van der Waals surface area contributed by atoms with E-state index in [9.17, 15) is 4.79 Å². The Labute approximate surface area is 130 Å². The smallest absolute Gasteiger partial charge is 0.358 e. The van der Waals surface area contributed by atoms with Gasteiger partial charge in [0.1, 0.15) is 0 Å². The molecule has 0 saturated heterocycles. The normalized spacial score (nSPS) is 15.6. The van der Waals surface area contributed by atoms with E-state index in [0.29, 0.717) is 12.3 Å². The molecule has 21 heavy (non-hydrogen) atoms. The molecular weight excluding hydrogens is 286 g/mol. The molecule has 1 saturated carbocycles. The van der Waals surface area contributed by atoms with Gasteiger partial charge in [-0.1, -0.05) is 12.8 Å². The van der Waals surface area contributed by atoms with Crippen molar-refractivity contribution < 1.29 is 9.53 Å². The molecule has 6 heteroatoms. The maximum Gasteiger partial charge on any atom is 0.358 e. The van der Waals surface area contributed by atoms with E-state index in [1.54, 1.807) is 6.92 Å². The predicted octanol–water partition coefficient (Wildman–Crippen LogP) is 2.91. The molecule has 0 radical (unpaired) electrons. The number of aromatic nitrogens is 1. The number of anilines is 1. The molecule has 2 rings (SSSR count). The monoisotopic (exact) mass is 311 g/mol. The van der Waals surface area contributed by atoms with Gasteiger partial charge in [-0.3, -0.25) is 0 Å². The minimum Gasteiger partial charge on any atom is -0.461 e. The van der Waals surface area contributed by atoms with Crippen molar-refractivity contribution in [1.82, 2.24) is 9.88 Å². The molecular formula is C15H25N3O2S. The number of aryl methyl sites for hydroxylation is 1. The number of likely N-dealkylation sites (N-methyl/N-ethyl adjacent to an activating group) is 1. The van der Waals surface area contributed by atoms with Gasteiger partial charge < -0.3 is 15.0 Å². The van der Waals surface area contributed by atoms with Gasteiger partial charge in [0.15, 0.2) is 10.8 Å². The Kier molecular flexibility index (Phi) is 5.99. The van der Waals surface area contributed by atoms with Crippen LogP contribution in [-0.4, -0.2) is 48.6 Å². The highest BCUT2D eigenvalue weighted by molar-refractivity contribution is 7.15. The molecule has 1 aromatic heterocycles. The fourth-order valence-corrected chi connectivity index (χ4v) is 3.55. The molecule has 0 aliphatic heterocycles. The molecule has 0 amide bonds. The Hall–Kier alpha value is -1.14. The van der Waals surface area contributed by atoms with E-state index in [1.165, 1.54) is 37.0 Å². The standard InChI is InChI=1S/C15H25N3O2S/c1-4-20-14(19)13-11(2)21-15(17-13)16-9-10-18(3)12-7-5-6-8-12/h12H,4-10H2,1-3H3,(H,16,17). The zero-order valence-corrected chi connectivity index (χ0v) is 14.0. The lowest BCUT2D eigenvalue weighted by Gasteiger charge is -2.23. The Morgan fingerprint density at radius 1 is 1.48 bits per heavy atom. The van der Waals surface area contributed by atoms with Crippen molar-refractivity contribution in [3.63, 3.8) is 0 Å². The predicted molar refractivity (Wildman–Crippen MR) is 86.2 cm³/mol. The van der Waals surface area contributed by atoms with Gasteiger partial charge in [0.2, 0.25) is 0 Å². The molecule has 0 bridgehead atoms. The molecule has 1 heterocycles. The summed E-state index contributed by atoms with van der Waals surface area (Å²) in [4.78, 5) is 19.4. The zero-order valence-electron chi connectivity index (χ0n) is 13.1. The van der Waals surface area contributed by atoms with Gasteiger partial charge in [0.05, 0.1) is 6.61 Å². The summed E-state index contributed by atoms with van der Waals surface area (Å²) in [5, 5.41) is 4.12. The highest BCUT2D eigenvalue weighted by atomic mass is 32.1. The van der Waals surface area contributed by atoms with Crippen LogP contribution in [0.1, 0.15) is 48.0 Å². The number of ether oxygens (including phenoxy) is 1. The highest BCUT2D eigenvalue weighted by Crippen LogP contribution is 2.24. The molecule has 0 atom stereocenters. The highest BCUT2D eigenvalue weighted by Gasteiger charge is 2.19. The fourth-order valence-electron chi connectivity index (χ4n) is 2.73. The summed E-state index contributed by atoms with van der Waals surface area (Å²) in [5.74, 6) is -0.331. The molecule has 1 aromatic rings. The first kappa shape index (κ1) is 16.2. The van der Waals surface area contributed by atoms with Crippen LogP contribution in [-0.2, 0) is 4.74 Å². The van der Waals surface area contributed by atoms with Gasteiger partial charge in [-0.15, -0.1) is 11.3 Å². The van der Waals surface area contributed by atoms with Crippen LogP contribution in [0.2, 0.25) is 0 Å². The number of carbonyl (C=O) groups is 1. The maximum absolute atomic E-state index is 11.7. The third-order valence-corrected chi connectivity index (χ3v) is 4.88. The third kappa shape index (κ3) is 4.41. The largest absolute Gasteiger partial charge is 0.461 e. The van der Waals surface area contributed by atoms with E-state index < -0.39 is 0 Å². The number of thiazole rings is 1. The van der Waals surface area contributed by atoms with E-state index in [4.69, 9.17) is 4.74 Å². The summed E-state index contributed by atoms with van der Waals surface area (Å²) >= 11 is 1.51. The second kappa shape index (κ2) is 7.75. The number of carbonyl (C=O) groups excluding carboxylic acids is 1. The van der Waals surface area contributed by atoms with Crippen LogP contribution in [0.3, 0.4) is 0 Å². The van der Waals surface area contributed by atoms with Crippen molar-refractivity contribution >= 4 is 22.4 Å². The molecule has 5 nitrogen and oxygen atoms in total. The van der Waals surface area contributed by atoms with Crippen molar-refractivity contribution in [2.75, 3.05) is 32.1 Å². The van der Waals surface area contributed by atoms with Gasteiger partial charge in [-0.2, -0.15) is 0 Å². The third-order valence-electron chi connectivity index (χ3n) is 3.95. The molecule has 1 aliphatic carbocycles. The van der Waals surface area contributed by atoms with Crippen LogP contribution in [0, 0.1) is 6.92 Å². The fraction of sp³-hybridized carbons (Fsp3) is 0.733. The average Bonchev–Trinajstić information content (AvgIpc) is 3.08. The van der Waals surface area contributed by atoms with Gasteiger partial charge in [0.25, 0.3) is 0 Å². The van der Waals surface area contributed by atoms with Crippen molar-refractivity contribution in [1.29, 1.82) is 0 Å². The zero-order chi connectivity index (χ0) is 15.2. The molecule has 0 unspecified atom stereocenters. The Bertz CT molecular complexity index is 469. The first-order chi connectivity index (χ1) is 10.1. The summed E-state index contributed by atoms with van der Waals surface area (Å²) in [6, 6.07) is 0.736. The number of nitrogens with one attached hydrogen (secondary N) is 1. The molecule has 0 aromatic carbocycles. The number of esters is 1. The van der Waals surface area contributed by atoms with E-state index >= 15 is 0 Å². The van der Waals surface area contributed by atoms with E-state index in [-0.39, 0.29) is 5.97 Å². The second-order valence-electron chi connectivity index (χ2n) is 5.49. The first-order valence-electron chi connectivity index (χ1n) is 7.70. The van der Waals surface area contributed by atoms with Gasteiger partial charge >= 0.3 is 5.97 Å². The Morgan fingerprint density at radius 3 is 2.86 bits per heavy atom. The summed E-state index contributed by atoms with van der Waals surface area (Å²) in [7, 11) is 2.19. The lowest BCUT2D eigenvalue weighted by Crippen LogP contribution is -2.33. The van der Waals surface area contributed by atoms with Crippen molar-refractivity contribution in [2.24, 2.45) is 0 Å². The van der Waals surface area contributed by atoms with Crippen LogP contribution < -0.4 is 5.32 Å². The molecule has 0 spiro atoms.